The van der Waals surface area contributed by atoms with Gasteiger partial charge in [0.15, 0.2) is 0 Å². The first-order valence-corrected chi connectivity index (χ1v) is 7.51. The molecule has 1 amide bonds. The van der Waals surface area contributed by atoms with E-state index in [1.807, 2.05) is 24.5 Å². The van der Waals surface area contributed by atoms with Crippen LogP contribution in [0.5, 0.6) is 0 Å². The van der Waals surface area contributed by atoms with Gasteiger partial charge in [-0.3, -0.25) is 5.10 Å². The lowest BCUT2D eigenvalue weighted by Gasteiger charge is -2.34. The van der Waals surface area contributed by atoms with Crippen LogP contribution in [0.2, 0.25) is 0 Å². The summed E-state index contributed by atoms with van der Waals surface area (Å²) >= 11 is 0. The molecule has 0 radical (unpaired) electrons. The topological polar surface area (TPSA) is 86.4 Å². The second-order valence-electron chi connectivity index (χ2n) is 5.31. The molecule has 23 heavy (non-hydrogen) atoms. The van der Waals surface area contributed by atoms with E-state index in [-0.39, 0.29) is 6.09 Å². The zero-order valence-corrected chi connectivity index (χ0v) is 13.0. The predicted octanol–water partition coefficient (Wildman–Crippen LogP) is 1.31. The first-order chi connectivity index (χ1) is 11.3. The van der Waals surface area contributed by atoms with Crippen LogP contribution in [0.1, 0.15) is 5.56 Å². The molecule has 2 aromatic heterocycles. The lowest BCUT2D eigenvalue weighted by atomic mass is 10.3. The van der Waals surface area contributed by atoms with Crippen LogP contribution >= 0.6 is 0 Å². The zero-order valence-electron chi connectivity index (χ0n) is 13.0. The van der Waals surface area contributed by atoms with Crippen molar-refractivity contribution in [1.29, 1.82) is 0 Å². The summed E-state index contributed by atoms with van der Waals surface area (Å²) in [4.78, 5) is 19.8. The Morgan fingerprint density at radius 1 is 1.30 bits per heavy atom. The third-order valence-electron chi connectivity index (χ3n) is 3.84. The number of pyridine rings is 1. The largest absolute Gasteiger partial charge is 0.453 e. The van der Waals surface area contributed by atoms with Gasteiger partial charge in [0.1, 0.15) is 5.82 Å². The van der Waals surface area contributed by atoms with Crippen LogP contribution in [0.3, 0.4) is 0 Å². The number of H-pyrrole nitrogens is 1. The van der Waals surface area contributed by atoms with Gasteiger partial charge in [0.05, 0.1) is 25.2 Å². The minimum Gasteiger partial charge on any atom is -0.453 e. The minimum absolute atomic E-state index is 0.267. The molecule has 0 aliphatic carbocycles. The Morgan fingerprint density at radius 2 is 2.13 bits per heavy atom. The summed E-state index contributed by atoms with van der Waals surface area (Å²) in [6.45, 7) is 3.51. The minimum atomic E-state index is -0.267. The van der Waals surface area contributed by atoms with E-state index in [4.69, 9.17) is 4.74 Å². The molecule has 1 aliphatic rings. The second kappa shape index (κ2) is 6.99. The molecule has 0 unspecified atom stereocenters. The number of amides is 1. The molecular formula is C15H20N6O2. The van der Waals surface area contributed by atoms with Crippen molar-refractivity contribution in [3.63, 3.8) is 0 Å². The van der Waals surface area contributed by atoms with E-state index in [1.165, 1.54) is 7.11 Å². The van der Waals surface area contributed by atoms with Crippen molar-refractivity contribution in [3.8, 4) is 0 Å². The van der Waals surface area contributed by atoms with Gasteiger partial charge in [0.2, 0.25) is 0 Å². The molecule has 3 rings (SSSR count). The number of piperazine rings is 1. The Balaban J connectivity index is 1.52. The van der Waals surface area contributed by atoms with Gasteiger partial charge < -0.3 is 19.9 Å². The predicted molar refractivity (Wildman–Crippen MR) is 86.3 cm³/mol. The van der Waals surface area contributed by atoms with Crippen LogP contribution in [0.15, 0.2) is 30.7 Å². The quantitative estimate of drug-likeness (QED) is 0.884. The standard InChI is InChI=1S/C15H20N6O2/c1-23-15(22)21-6-4-20(5-7-21)14-3-2-13(11-17-14)16-8-12-9-18-19-10-12/h2-3,9-11,16H,4-8H2,1H3,(H,18,19). The van der Waals surface area contributed by atoms with E-state index >= 15 is 0 Å². The molecule has 0 bridgehead atoms. The van der Waals surface area contributed by atoms with Crippen molar-refractivity contribution >= 4 is 17.6 Å². The lowest BCUT2D eigenvalue weighted by molar-refractivity contribution is 0.121. The average Bonchev–Trinajstić information content (AvgIpc) is 3.13. The first kappa shape index (κ1) is 15.1. The summed E-state index contributed by atoms with van der Waals surface area (Å²) in [5, 5.41) is 9.99. The summed E-state index contributed by atoms with van der Waals surface area (Å²) in [5.74, 6) is 0.920. The summed E-state index contributed by atoms with van der Waals surface area (Å²) in [6.07, 6.45) is 5.20. The molecule has 0 saturated carbocycles. The van der Waals surface area contributed by atoms with Crippen molar-refractivity contribution in [2.24, 2.45) is 0 Å². The number of aromatic nitrogens is 3. The normalized spacial score (nSPS) is 14.7. The average molecular weight is 316 g/mol. The summed E-state index contributed by atoms with van der Waals surface area (Å²) in [6, 6.07) is 4.00. The van der Waals surface area contributed by atoms with Gasteiger partial charge in [-0.15, -0.1) is 0 Å². The van der Waals surface area contributed by atoms with Gasteiger partial charge in [-0.25, -0.2) is 9.78 Å². The Labute approximate surface area is 134 Å². The monoisotopic (exact) mass is 316 g/mol. The Hall–Kier alpha value is -2.77. The van der Waals surface area contributed by atoms with Crippen molar-refractivity contribution < 1.29 is 9.53 Å². The number of anilines is 2. The molecule has 8 heteroatoms. The number of aromatic amines is 1. The maximum atomic E-state index is 11.5. The van der Waals surface area contributed by atoms with Gasteiger partial charge in [-0.2, -0.15) is 5.10 Å². The molecule has 8 nitrogen and oxygen atoms in total. The Morgan fingerprint density at radius 3 is 2.74 bits per heavy atom. The molecule has 2 N–H and O–H groups in total. The molecule has 1 aliphatic heterocycles. The van der Waals surface area contributed by atoms with Gasteiger partial charge in [0, 0.05) is 44.5 Å². The van der Waals surface area contributed by atoms with Gasteiger partial charge >= 0.3 is 6.09 Å². The molecule has 0 spiro atoms. The highest BCUT2D eigenvalue weighted by Crippen LogP contribution is 2.17. The second-order valence-corrected chi connectivity index (χ2v) is 5.31. The first-order valence-electron chi connectivity index (χ1n) is 7.51. The van der Waals surface area contributed by atoms with Crippen LogP contribution in [0.25, 0.3) is 0 Å². The van der Waals surface area contributed by atoms with Gasteiger partial charge in [0.25, 0.3) is 0 Å². The molecular weight excluding hydrogens is 296 g/mol. The van der Waals surface area contributed by atoms with E-state index in [0.717, 1.165) is 30.2 Å². The highest BCUT2D eigenvalue weighted by molar-refractivity contribution is 5.67. The third-order valence-corrected chi connectivity index (χ3v) is 3.84. The number of methoxy groups -OCH3 is 1. The highest BCUT2D eigenvalue weighted by atomic mass is 16.5. The number of nitrogens with zero attached hydrogens (tertiary/aromatic N) is 4. The molecule has 3 heterocycles. The molecule has 0 atom stereocenters. The number of hydrogen-bond acceptors (Lipinski definition) is 6. The maximum absolute atomic E-state index is 11.5. The Bertz CT molecular complexity index is 620. The van der Waals surface area contributed by atoms with Gasteiger partial charge in [-0.05, 0) is 12.1 Å². The van der Waals surface area contributed by atoms with Crippen LogP contribution in [-0.2, 0) is 11.3 Å². The maximum Gasteiger partial charge on any atom is 0.409 e. The fourth-order valence-corrected chi connectivity index (χ4v) is 2.50. The van der Waals surface area contributed by atoms with Crippen molar-refractivity contribution in [1.82, 2.24) is 20.1 Å². The van der Waals surface area contributed by atoms with Gasteiger partial charge in [-0.1, -0.05) is 0 Å². The van der Waals surface area contributed by atoms with Crippen molar-refractivity contribution in [3.05, 3.63) is 36.3 Å². The third kappa shape index (κ3) is 3.71. The smallest absolute Gasteiger partial charge is 0.409 e. The summed E-state index contributed by atoms with van der Waals surface area (Å²) in [7, 11) is 1.41. The van der Waals surface area contributed by atoms with E-state index in [0.29, 0.717) is 19.6 Å². The van der Waals surface area contributed by atoms with E-state index in [9.17, 15) is 4.79 Å². The van der Waals surface area contributed by atoms with Crippen LogP contribution in [0, 0.1) is 0 Å². The molecule has 2 aromatic rings. The van der Waals surface area contributed by atoms with Crippen molar-refractivity contribution in [2.45, 2.75) is 6.54 Å². The fourth-order valence-electron chi connectivity index (χ4n) is 2.50. The molecule has 1 fully saturated rings. The lowest BCUT2D eigenvalue weighted by Crippen LogP contribution is -2.49. The summed E-state index contributed by atoms with van der Waals surface area (Å²) in [5.41, 5.74) is 2.05. The fraction of sp³-hybridized carbons (Fsp3) is 0.400. The molecule has 1 saturated heterocycles. The Kier molecular flexibility index (Phi) is 4.60. The number of nitrogens with one attached hydrogen (secondary N) is 2. The van der Waals surface area contributed by atoms with E-state index in [1.54, 1.807) is 11.1 Å². The number of rotatable bonds is 4. The molecule has 0 aromatic carbocycles. The van der Waals surface area contributed by atoms with Crippen LogP contribution in [0.4, 0.5) is 16.3 Å². The number of carbonyl (C=O) groups is 1. The van der Waals surface area contributed by atoms with E-state index in [2.05, 4.69) is 25.4 Å². The SMILES string of the molecule is COC(=O)N1CCN(c2ccc(NCc3cn[nH]c3)cn2)CC1. The number of carbonyl (C=O) groups excluding carboxylic acids is 1. The number of hydrogen-bond donors (Lipinski definition) is 2. The highest BCUT2D eigenvalue weighted by Gasteiger charge is 2.22. The van der Waals surface area contributed by atoms with Crippen molar-refractivity contribution in [2.75, 3.05) is 43.5 Å². The van der Waals surface area contributed by atoms with E-state index < -0.39 is 0 Å². The van der Waals surface area contributed by atoms with Crippen LogP contribution in [-0.4, -0.2) is 59.5 Å². The molecule has 122 valence electrons. The number of ether oxygens (including phenoxy) is 1. The summed E-state index contributed by atoms with van der Waals surface area (Å²) < 4.78 is 4.74. The zero-order chi connectivity index (χ0) is 16.1. The van der Waals surface area contributed by atoms with Crippen LogP contribution < -0.4 is 10.2 Å².